The van der Waals surface area contributed by atoms with Crippen molar-refractivity contribution in [3.05, 3.63) is 112 Å². The Labute approximate surface area is 216 Å². The van der Waals surface area contributed by atoms with Gasteiger partial charge in [-0.1, -0.05) is 24.3 Å². The van der Waals surface area contributed by atoms with Gasteiger partial charge in [0.15, 0.2) is 0 Å². The number of hydrogen-bond acceptors (Lipinski definition) is 5. The zero-order chi connectivity index (χ0) is 26.2. The van der Waals surface area contributed by atoms with Crippen molar-refractivity contribution in [2.45, 2.75) is 19.6 Å². The third kappa shape index (κ3) is 7.34. The number of anilines is 1. The van der Waals surface area contributed by atoms with E-state index >= 15 is 0 Å². The zero-order valence-electron chi connectivity index (χ0n) is 19.9. The van der Waals surface area contributed by atoms with Crippen LogP contribution in [0, 0.1) is 11.6 Å². The van der Waals surface area contributed by atoms with E-state index in [-0.39, 0.29) is 48.9 Å². The maximum absolute atomic E-state index is 13.4. The van der Waals surface area contributed by atoms with Gasteiger partial charge in [0.05, 0.1) is 13.7 Å². The number of methoxy groups -OCH3 is 1. The summed E-state index contributed by atoms with van der Waals surface area (Å²) in [7, 11) is 1.56. The van der Waals surface area contributed by atoms with Crippen LogP contribution >= 0.6 is 11.3 Å². The van der Waals surface area contributed by atoms with Gasteiger partial charge >= 0.3 is 6.03 Å². The lowest BCUT2D eigenvalue weighted by Crippen LogP contribution is -2.34. The first-order chi connectivity index (χ1) is 17.9. The van der Waals surface area contributed by atoms with Gasteiger partial charge < -0.3 is 20.3 Å². The Morgan fingerprint density at radius 1 is 0.892 bits per heavy atom. The van der Waals surface area contributed by atoms with Crippen LogP contribution in [-0.4, -0.2) is 28.9 Å². The molecule has 0 fully saturated rings. The minimum Gasteiger partial charge on any atom is -0.497 e. The van der Waals surface area contributed by atoms with E-state index in [1.807, 2.05) is 0 Å². The van der Waals surface area contributed by atoms with Crippen LogP contribution in [0.25, 0.3) is 0 Å². The number of carbonyl (C=O) groups excluding carboxylic acids is 2. The van der Waals surface area contributed by atoms with E-state index in [1.165, 1.54) is 40.5 Å². The molecule has 7 nitrogen and oxygen atoms in total. The molecule has 0 spiro atoms. The van der Waals surface area contributed by atoms with E-state index in [4.69, 9.17) is 4.74 Å². The number of ether oxygens (including phenoxy) is 1. The van der Waals surface area contributed by atoms with Gasteiger partial charge in [-0.15, -0.1) is 11.3 Å². The molecule has 0 aliphatic rings. The predicted molar refractivity (Wildman–Crippen MR) is 137 cm³/mol. The van der Waals surface area contributed by atoms with Crippen molar-refractivity contribution < 1.29 is 23.1 Å². The molecule has 0 saturated carbocycles. The Hall–Kier alpha value is -4.31. The van der Waals surface area contributed by atoms with Crippen molar-refractivity contribution >= 4 is 29.0 Å². The third-order valence-corrected chi connectivity index (χ3v) is 6.23. The lowest BCUT2D eigenvalue weighted by atomic mass is 10.2. The molecule has 4 aromatic rings. The van der Waals surface area contributed by atoms with E-state index in [0.717, 1.165) is 11.1 Å². The quantitative estimate of drug-likeness (QED) is 0.300. The van der Waals surface area contributed by atoms with E-state index in [1.54, 1.807) is 61.0 Å². The summed E-state index contributed by atoms with van der Waals surface area (Å²) in [6.07, 6.45) is 0. The SMILES string of the molecule is COc1ccc(NC(=O)N(Cc2ccc(F)cc2)Cc2nc(C(=O)NCc3ccc(F)cc3)cs2)cc1. The monoisotopic (exact) mass is 522 g/mol. The van der Waals surface area contributed by atoms with E-state index < -0.39 is 0 Å². The van der Waals surface area contributed by atoms with Crippen molar-refractivity contribution in [1.82, 2.24) is 15.2 Å². The minimum atomic E-state index is -0.382. The van der Waals surface area contributed by atoms with Gasteiger partial charge in [-0.25, -0.2) is 18.6 Å². The second-order valence-electron chi connectivity index (χ2n) is 8.08. The number of nitrogens with zero attached hydrogens (tertiary/aromatic N) is 2. The van der Waals surface area contributed by atoms with Gasteiger partial charge in [-0.2, -0.15) is 0 Å². The molecule has 1 aromatic heterocycles. The first-order valence-corrected chi connectivity index (χ1v) is 12.2. The molecule has 3 amide bonds. The molecular formula is C27H24F2N4O3S. The Morgan fingerprint density at radius 3 is 2.14 bits per heavy atom. The second kappa shape index (κ2) is 12.1. The lowest BCUT2D eigenvalue weighted by Gasteiger charge is -2.22. The predicted octanol–water partition coefficient (Wildman–Crippen LogP) is 5.59. The second-order valence-corrected chi connectivity index (χ2v) is 9.02. The van der Waals surface area contributed by atoms with Gasteiger partial charge in [-0.05, 0) is 59.7 Å². The summed E-state index contributed by atoms with van der Waals surface area (Å²) in [6, 6.07) is 18.3. The average Bonchev–Trinajstić information content (AvgIpc) is 3.38. The van der Waals surface area contributed by atoms with Crippen LogP contribution in [0.5, 0.6) is 5.75 Å². The fourth-order valence-corrected chi connectivity index (χ4v) is 4.20. The Kier molecular flexibility index (Phi) is 8.42. The van der Waals surface area contributed by atoms with Crippen LogP contribution in [0.1, 0.15) is 26.6 Å². The fourth-order valence-electron chi connectivity index (χ4n) is 3.41. The molecule has 1 heterocycles. The zero-order valence-corrected chi connectivity index (χ0v) is 20.7. The summed E-state index contributed by atoms with van der Waals surface area (Å²) in [5.74, 6) is -0.427. The molecule has 3 aromatic carbocycles. The van der Waals surface area contributed by atoms with Crippen molar-refractivity contribution in [2.75, 3.05) is 12.4 Å². The van der Waals surface area contributed by atoms with E-state index in [2.05, 4.69) is 15.6 Å². The maximum Gasteiger partial charge on any atom is 0.322 e. The van der Waals surface area contributed by atoms with Crippen LogP contribution in [0.3, 0.4) is 0 Å². The van der Waals surface area contributed by atoms with Crippen LogP contribution < -0.4 is 15.4 Å². The van der Waals surface area contributed by atoms with E-state index in [9.17, 15) is 18.4 Å². The molecule has 37 heavy (non-hydrogen) atoms. The van der Waals surface area contributed by atoms with Crippen LogP contribution in [-0.2, 0) is 19.6 Å². The third-order valence-electron chi connectivity index (χ3n) is 5.39. The summed E-state index contributed by atoms with van der Waals surface area (Å²) in [6.45, 7) is 0.566. The summed E-state index contributed by atoms with van der Waals surface area (Å²) in [4.78, 5) is 31.6. The number of amides is 3. The first kappa shape index (κ1) is 25.8. The van der Waals surface area contributed by atoms with Crippen molar-refractivity contribution in [1.29, 1.82) is 0 Å². The van der Waals surface area contributed by atoms with Crippen molar-refractivity contribution in [3.63, 3.8) is 0 Å². The number of halogens is 2. The highest BCUT2D eigenvalue weighted by molar-refractivity contribution is 7.09. The topological polar surface area (TPSA) is 83.6 Å². The smallest absolute Gasteiger partial charge is 0.322 e. The summed E-state index contributed by atoms with van der Waals surface area (Å²) < 4.78 is 31.6. The molecule has 0 saturated heterocycles. The lowest BCUT2D eigenvalue weighted by molar-refractivity contribution is 0.0946. The molecular weight excluding hydrogens is 498 g/mol. The number of aromatic nitrogens is 1. The van der Waals surface area contributed by atoms with Gasteiger partial charge in [0.2, 0.25) is 0 Å². The first-order valence-electron chi connectivity index (χ1n) is 11.3. The average molecular weight is 523 g/mol. The molecule has 0 radical (unpaired) electrons. The number of rotatable bonds is 9. The molecule has 0 aliphatic carbocycles. The number of hydrogen-bond donors (Lipinski definition) is 2. The standard InChI is InChI=1S/C27H24F2N4O3S/c1-36-23-12-10-22(11-13-23)31-27(35)33(15-19-4-8-21(29)9-5-19)16-25-32-24(17-37-25)26(34)30-14-18-2-6-20(28)7-3-18/h2-13,17H,14-16H2,1H3,(H,30,34)(H,31,35). The molecule has 0 unspecified atom stereocenters. The molecule has 0 aliphatic heterocycles. The van der Waals surface area contributed by atoms with Crippen LogP contribution in [0.15, 0.2) is 78.2 Å². The largest absolute Gasteiger partial charge is 0.497 e. The van der Waals surface area contributed by atoms with Crippen LogP contribution in [0.4, 0.5) is 19.3 Å². The number of nitrogens with one attached hydrogen (secondary N) is 2. The Morgan fingerprint density at radius 2 is 1.51 bits per heavy atom. The van der Waals surface area contributed by atoms with Gasteiger partial charge in [0, 0.05) is 24.2 Å². The highest BCUT2D eigenvalue weighted by Crippen LogP contribution is 2.19. The van der Waals surface area contributed by atoms with Crippen molar-refractivity contribution in [3.8, 4) is 5.75 Å². The molecule has 0 bridgehead atoms. The number of thiazole rings is 1. The highest BCUT2D eigenvalue weighted by atomic mass is 32.1. The summed E-state index contributed by atoms with van der Waals surface area (Å²) in [5.41, 5.74) is 2.29. The minimum absolute atomic E-state index is 0.134. The van der Waals surface area contributed by atoms with Gasteiger partial charge in [0.25, 0.3) is 5.91 Å². The Bertz CT molecular complexity index is 1340. The van der Waals surface area contributed by atoms with Crippen molar-refractivity contribution in [2.24, 2.45) is 0 Å². The maximum atomic E-state index is 13.4. The molecule has 190 valence electrons. The number of carbonyl (C=O) groups is 2. The summed E-state index contributed by atoms with van der Waals surface area (Å²) in [5, 5.41) is 7.77. The van der Waals surface area contributed by atoms with E-state index in [0.29, 0.717) is 16.4 Å². The highest BCUT2D eigenvalue weighted by Gasteiger charge is 2.19. The number of urea groups is 1. The fraction of sp³-hybridized carbons (Fsp3) is 0.148. The van der Waals surface area contributed by atoms with Crippen LogP contribution in [0.2, 0.25) is 0 Å². The van der Waals surface area contributed by atoms with Gasteiger partial charge in [0.1, 0.15) is 28.1 Å². The Balaban J connectivity index is 1.44. The molecule has 0 atom stereocenters. The molecule has 4 rings (SSSR count). The van der Waals surface area contributed by atoms with Gasteiger partial charge in [-0.3, -0.25) is 4.79 Å². The molecule has 2 N–H and O–H groups in total. The molecule has 10 heteroatoms. The normalized spacial score (nSPS) is 10.6. The number of benzene rings is 3. The summed E-state index contributed by atoms with van der Waals surface area (Å²) >= 11 is 1.25.